The maximum absolute atomic E-state index is 12.5. The number of hydrogen-bond donors (Lipinski definition) is 2. The third kappa shape index (κ3) is 5.27. The van der Waals surface area contributed by atoms with E-state index in [2.05, 4.69) is 64.7 Å². The van der Waals surface area contributed by atoms with Gasteiger partial charge in [0.1, 0.15) is 0 Å². The Bertz CT molecular complexity index is 648. The fraction of sp³-hybridized carbons (Fsp3) is 0.652. The Morgan fingerprint density at radius 1 is 1.18 bits per heavy atom. The Balaban J connectivity index is 1.39. The van der Waals surface area contributed by atoms with Crippen molar-refractivity contribution in [1.29, 1.82) is 0 Å². The lowest BCUT2D eigenvalue weighted by Gasteiger charge is -2.34. The van der Waals surface area contributed by atoms with Gasteiger partial charge >= 0.3 is 0 Å². The number of carbonyl (C=O) groups excluding carboxylic acids is 1. The van der Waals surface area contributed by atoms with Crippen LogP contribution in [0.25, 0.3) is 0 Å². The van der Waals surface area contributed by atoms with Gasteiger partial charge in [-0.05, 0) is 49.5 Å². The minimum atomic E-state index is 0.190. The molecule has 0 radical (unpaired) electrons. The van der Waals surface area contributed by atoms with Crippen LogP contribution in [0.4, 0.5) is 0 Å². The molecule has 1 aromatic rings. The van der Waals surface area contributed by atoms with Gasteiger partial charge < -0.3 is 15.5 Å². The Kier molecular flexibility index (Phi) is 7.35. The van der Waals surface area contributed by atoms with Gasteiger partial charge in [-0.2, -0.15) is 0 Å². The fourth-order valence-corrected chi connectivity index (χ4v) is 4.34. The molecule has 0 bridgehead atoms. The third-order valence-corrected chi connectivity index (χ3v) is 6.39. The number of carbonyl (C=O) groups is 1. The first-order chi connectivity index (χ1) is 13.7. The van der Waals surface area contributed by atoms with Gasteiger partial charge in [0.15, 0.2) is 5.96 Å². The quantitative estimate of drug-likeness (QED) is 0.560. The SMILES string of the molecule is CCC(CC)C(=O)N1CCC(NC(=NC)NCC2CC2c2ccccc2)CC1. The standard InChI is InChI=1S/C23H36N4O/c1-4-17(5-2)22(28)27-13-11-20(12-14-27)26-23(24-3)25-16-19-15-21(19)18-9-7-6-8-10-18/h6-10,17,19-21H,4-5,11-16H2,1-3H3,(H2,24,25,26). The van der Waals surface area contributed by atoms with E-state index in [0.29, 0.717) is 23.8 Å². The van der Waals surface area contributed by atoms with E-state index in [1.807, 2.05) is 7.05 Å². The summed E-state index contributed by atoms with van der Waals surface area (Å²) in [4.78, 5) is 19.0. The van der Waals surface area contributed by atoms with Gasteiger partial charge in [-0.15, -0.1) is 0 Å². The molecule has 2 fully saturated rings. The molecule has 28 heavy (non-hydrogen) atoms. The molecule has 1 saturated carbocycles. The smallest absolute Gasteiger partial charge is 0.225 e. The number of hydrogen-bond acceptors (Lipinski definition) is 2. The summed E-state index contributed by atoms with van der Waals surface area (Å²) in [5, 5.41) is 7.07. The van der Waals surface area contributed by atoms with Crippen LogP contribution >= 0.6 is 0 Å². The number of nitrogens with zero attached hydrogens (tertiary/aromatic N) is 2. The third-order valence-electron chi connectivity index (χ3n) is 6.39. The number of aliphatic imine (C=N–C) groups is 1. The van der Waals surface area contributed by atoms with E-state index in [1.165, 1.54) is 12.0 Å². The first kappa shape index (κ1) is 20.7. The van der Waals surface area contributed by atoms with E-state index in [9.17, 15) is 4.79 Å². The number of nitrogens with one attached hydrogen (secondary N) is 2. The number of piperidine rings is 1. The van der Waals surface area contributed by atoms with Crippen molar-refractivity contribution < 1.29 is 4.79 Å². The molecule has 1 aliphatic heterocycles. The number of rotatable bonds is 7. The Morgan fingerprint density at radius 3 is 2.46 bits per heavy atom. The molecule has 5 heteroatoms. The van der Waals surface area contributed by atoms with Crippen LogP contribution in [0.15, 0.2) is 35.3 Å². The Labute approximate surface area is 170 Å². The molecule has 2 atom stereocenters. The zero-order chi connectivity index (χ0) is 19.9. The van der Waals surface area contributed by atoms with Crippen LogP contribution in [0.1, 0.15) is 57.4 Å². The van der Waals surface area contributed by atoms with Crippen molar-refractivity contribution >= 4 is 11.9 Å². The molecule has 1 aromatic carbocycles. The molecule has 1 heterocycles. The van der Waals surface area contributed by atoms with Crippen LogP contribution in [-0.2, 0) is 4.79 Å². The topological polar surface area (TPSA) is 56.7 Å². The zero-order valence-electron chi connectivity index (χ0n) is 17.7. The first-order valence-electron chi connectivity index (χ1n) is 11.0. The molecule has 1 saturated heterocycles. The summed E-state index contributed by atoms with van der Waals surface area (Å²) in [6, 6.07) is 11.2. The minimum Gasteiger partial charge on any atom is -0.356 e. The van der Waals surface area contributed by atoms with Crippen molar-refractivity contribution in [1.82, 2.24) is 15.5 Å². The lowest BCUT2D eigenvalue weighted by Crippen LogP contribution is -2.50. The molecule has 1 amide bonds. The molecular formula is C23H36N4O. The molecule has 3 rings (SSSR count). The van der Waals surface area contributed by atoms with Gasteiger partial charge in [0.25, 0.3) is 0 Å². The van der Waals surface area contributed by atoms with Crippen LogP contribution in [0.2, 0.25) is 0 Å². The lowest BCUT2D eigenvalue weighted by atomic mass is 9.98. The van der Waals surface area contributed by atoms with Crippen LogP contribution < -0.4 is 10.6 Å². The summed E-state index contributed by atoms with van der Waals surface area (Å²) in [5.74, 6) is 2.80. The molecule has 0 spiro atoms. The minimum absolute atomic E-state index is 0.190. The summed E-state index contributed by atoms with van der Waals surface area (Å²) in [6.45, 7) is 6.88. The van der Waals surface area contributed by atoms with Crippen molar-refractivity contribution in [2.24, 2.45) is 16.8 Å². The predicted octanol–water partition coefficient (Wildman–Crippen LogP) is 3.38. The summed E-state index contributed by atoms with van der Waals surface area (Å²) in [6.07, 6.45) is 5.11. The predicted molar refractivity (Wildman–Crippen MR) is 115 cm³/mol. The molecule has 5 nitrogen and oxygen atoms in total. The highest BCUT2D eigenvalue weighted by Gasteiger charge is 2.38. The molecule has 1 aliphatic carbocycles. The summed E-state index contributed by atoms with van der Waals surface area (Å²) >= 11 is 0. The van der Waals surface area contributed by atoms with E-state index in [1.54, 1.807) is 0 Å². The van der Waals surface area contributed by atoms with Crippen molar-refractivity contribution in [3.63, 3.8) is 0 Å². The maximum Gasteiger partial charge on any atom is 0.225 e. The fourth-order valence-electron chi connectivity index (χ4n) is 4.34. The van der Waals surface area contributed by atoms with Gasteiger partial charge in [-0.3, -0.25) is 9.79 Å². The second-order valence-electron chi connectivity index (χ2n) is 8.22. The van der Waals surface area contributed by atoms with Gasteiger partial charge in [0.05, 0.1) is 0 Å². The van der Waals surface area contributed by atoms with E-state index >= 15 is 0 Å². The van der Waals surface area contributed by atoms with Gasteiger partial charge in [0, 0.05) is 38.6 Å². The van der Waals surface area contributed by atoms with Crippen LogP contribution in [0.3, 0.4) is 0 Å². The van der Waals surface area contributed by atoms with E-state index < -0.39 is 0 Å². The summed E-state index contributed by atoms with van der Waals surface area (Å²) < 4.78 is 0. The summed E-state index contributed by atoms with van der Waals surface area (Å²) in [7, 11) is 1.84. The number of benzene rings is 1. The second-order valence-corrected chi connectivity index (χ2v) is 8.22. The highest BCUT2D eigenvalue weighted by Crippen LogP contribution is 2.46. The first-order valence-corrected chi connectivity index (χ1v) is 11.0. The molecule has 2 N–H and O–H groups in total. The molecule has 154 valence electrons. The highest BCUT2D eigenvalue weighted by atomic mass is 16.2. The van der Waals surface area contributed by atoms with Crippen molar-refractivity contribution in [2.45, 2.75) is 57.9 Å². The van der Waals surface area contributed by atoms with Crippen molar-refractivity contribution in [2.75, 3.05) is 26.7 Å². The van der Waals surface area contributed by atoms with Crippen LogP contribution in [-0.4, -0.2) is 49.5 Å². The van der Waals surface area contributed by atoms with Crippen molar-refractivity contribution in [3.8, 4) is 0 Å². The molecule has 2 aliphatic rings. The van der Waals surface area contributed by atoms with Crippen LogP contribution in [0.5, 0.6) is 0 Å². The normalized spacial score (nSPS) is 23.0. The monoisotopic (exact) mass is 384 g/mol. The van der Waals surface area contributed by atoms with E-state index in [4.69, 9.17) is 0 Å². The van der Waals surface area contributed by atoms with Gasteiger partial charge in [-0.25, -0.2) is 0 Å². The second kappa shape index (κ2) is 9.94. The molecular weight excluding hydrogens is 348 g/mol. The maximum atomic E-state index is 12.5. The highest BCUT2D eigenvalue weighted by molar-refractivity contribution is 5.80. The molecule has 2 unspecified atom stereocenters. The number of likely N-dealkylation sites (tertiary alicyclic amines) is 1. The van der Waals surface area contributed by atoms with E-state index in [0.717, 1.165) is 51.3 Å². The molecule has 0 aromatic heterocycles. The van der Waals surface area contributed by atoms with Crippen molar-refractivity contribution in [3.05, 3.63) is 35.9 Å². The van der Waals surface area contributed by atoms with Gasteiger partial charge in [-0.1, -0.05) is 44.2 Å². The summed E-state index contributed by atoms with van der Waals surface area (Å²) in [5.41, 5.74) is 1.45. The number of amides is 1. The van der Waals surface area contributed by atoms with E-state index in [-0.39, 0.29) is 5.92 Å². The lowest BCUT2D eigenvalue weighted by molar-refractivity contribution is -0.136. The Hall–Kier alpha value is -2.04. The van der Waals surface area contributed by atoms with Gasteiger partial charge in [0.2, 0.25) is 5.91 Å². The number of guanidine groups is 1. The average molecular weight is 385 g/mol. The Morgan fingerprint density at radius 2 is 1.86 bits per heavy atom. The van der Waals surface area contributed by atoms with Crippen LogP contribution in [0, 0.1) is 11.8 Å². The average Bonchev–Trinajstić information content (AvgIpc) is 3.52. The zero-order valence-corrected chi connectivity index (χ0v) is 17.7. The largest absolute Gasteiger partial charge is 0.356 e.